The molecule has 2 rings (SSSR count). The van der Waals surface area contributed by atoms with Crippen LogP contribution in [0.2, 0.25) is 5.02 Å². The molecule has 0 aromatic heterocycles. The van der Waals surface area contributed by atoms with Gasteiger partial charge in [0.05, 0.1) is 13.7 Å². The molecule has 1 amide bonds. The van der Waals surface area contributed by atoms with Crippen LogP contribution < -0.4 is 10.1 Å². The molecule has 0 bridgehead atoms. The standard InChI is InChI=1S/C17H19ClN2O4S/c1-12-6-4-5-7-14(12)19-17(21)11-20(2)25(22,23)16-10-13(18)8-9-15(16)24-3/h4-10H,11H2,1-3H3,(H,19,21). The summed E-state index contributed by atoms with van der Waals surface area (Å²) < 4.78 is 31.5. The first kappa shape index (κ1) is 19.2. The van der Waals surface area contributed by atoms with Crippen molar-refractivity contribution < 1.29 is 17.9 Å². The summed E-state index contributed by atoms with van der Waals surface area (Å²) in [6.45, 7) is 1.51. The van der Waals surface area contributed by atoms with E-state index in [0.717, 1.165) is 9.87 Å². The molecule has 1 N–H and O–H groups in total. The number of aryl methyl sites for hydroxylation is 1. The topological polar surface area (TPSA) is 75.7 Å². The van der Waals surface area contributed by atoms with Crippen LogP contribution in [0.15, 0.2) is 47.4 Å². The Hall–Kier alpha value is -2.09. The number of benzene rings is 2. The van der Waals surface area contributed by atoms with Crippen LogP contribution in [0, 0.1) is 6.92 Å². The number of halogens is 1. The third-order valence-corrected chi connectivity index (χ3v) is 5.66. The lowest BCUT2D eigenvalue weighted by atomic mass is 10.2. The van der Waals surface area contributed by atoms with Crippen LogP contribution >= 0.6 is 11.6 Å². The van der Waals surface area contributed by atoms with Crippen LogP contribution in [-0.2, 0) is 14.8 Å². The second-order valence-corrected chi connectivity index (χ2v) is 7.87. The van der Waals surface area contributed by atoms with E-state index in [1.807, 2.05) is 19.1 Å². The van der Waals surface area contributed by atoms with Crippen LogP contribution in [0.4, 0.5) is 5.69 Å². The maximum Gasteiger partial charge on any atom is 0.247 e. The normalized spacial score (nSPS) is 11.4. The summed E-state index contributed by atoms with van der Waals surface area (Å²) in [5.41, 5.74) is 1.52. The molecule has 0 heterocycles. The molecule has 0 atom stereocenters. The lowest BCUT2D eigenvalue weighted by Crippen LogP contribution is -2.35. The predicted molar refractivity (Wildman–Crippen MR) is 97.6 cm³/mol. The van der Waals surface area contributed by atoms with E-state index >= 15 is 0 Å². The fourth-order valence-electron chi connectivity index (χ4n) is 2.21. The van der Waals surface area contributed by atoms with Gasteiger partial charge in [-0.2, -0.15) is 4.31 Å². The molecule has 2 aromatic rings. The van der Waals surface area contributed by atoms with Crippen molar-refractivity contribution in [3.05, 3.63) is 53.1 Å². The summed E-state index contributed by atoms with van der Waals surface area (Å²) in [6.07, 6.45) is 0. The van der Waals surface area contributed by atoms with Gasteiger partial charge in [0.2, 0.25) is 15.9 Å². The third kappa shape index (κ3) is 4.50. The van der Waals surface area contributed by atoms with Crippen LogP contribution in [-0.4, -0.2) is 39.3 Å². The number of nitrogens with one attached hydrogen (secondary N) is 1. The summed E-state index contributed by atoms with van der Waals surface area (Å²) in [5, 5.41) is 2.96. The molecular weight excluding hydrogens is 364 g/mol. The molecule has 0 aliphatic rings. The number of amides is 1. The number of carbonyl (C=O) groups is 1. The average Bonchev–Trinajstić information content (AvgIpc) is 2.56. The van der Waals surface area contributed by atoms with E-state index in [9.17, 15) is 13.2 Å². The predicted octanol–water partition coefficient (Wildman–Crippen LogP) is 2.92. The van der Waals surface area contributed by atoms with Crippen LogP contribution in [0.5, 0.6) is 5.75 Å². The van der Waals surface area contributed by atoms with Crippen molar-refractivity contribution in [3.8, 4) is 5.75 Å². The molecule has 134 valence electrons. The van der Waals surface area contributed by atoms with Crippen molar-refractivity contribution in [2.75, 3.05) is 26.0 Å². The summed E-state index contributed by atoms with van der Waals surface area (Å²) in [4.78, 5) is 12.1. The molecule has 25 heavy (non-hydrogen) atoms. The Labute approximate surface area is 152 Å². The van der Waals surface area contributed by atoms with E-state index in [-0.39, 0.29) is 22.2 Å². The van der Waals surface area contributed by atoms with Crippen molar-refractivity contribution in [1.29, 1.82) is 0 Å². The molecule has 0 aliphatic heterocycles. The molecule has 0 saturated carbocycles. The first-order chi connectivity index (χ1) is 11.8. The molecule has 0 saturated heterocycles. The van der Waals surface area contributed by atoms with E-state index in [1.54, 1.807) is 12.1 Å². The Balaban J connectivity index is 2.19. The number of hydrogen-bond acceptors (Lipinski definition) is 4. The summed E-state index contributed by atoms with van der Waals surface area (Å²) in [5.74, 6) is -0.281. The smallest absolute Gasteiger partial charge is 0.247 e. The summed E-state index contributed by atoms with van der Waals surface area (Å²) in [6, 6.07) is 11.5. The van der Waals surface area contributed by atoms with E-state index in [0.29, 0.717) is 5.69 Å². The Kier molecular flexibility index (Phi) is 6.05. The van der Waals surface area contributed by atoms with Gasteiger partial charge in [0.25, 0.3) is 0 Å². The molecule has 6 nitrogen and oxygen atoms in total. The van der Waals surface area contributed by atoms with Gasteiger partial charge < -0.3 is 10.1 Å². The second kappa shape index (κ2) is 7.86. The minimum atomic E-state index is -3.94. The van der Waals surface area contributed by atoms with Gasteiger partial charge in [0, 0.05) is 17.8 Å². The molecule has 8 heteroatoms. The Bertz CT molecular complexity index is 884. The van der Waals surface area contributed by atoms with Crippen molar-refractivity contribution in [1.82, 2.24) is 4.31 Å². The van der Waals surface area contributed by atoms with Crippen molar-refractivity contribution in [2.24, 2.45) is 0 Å². The maximum atomic E-state index is 12.7. The largest absolute Gasteiger partial charge is 0.495 e. The summed E-state index contributed by atoms with van der Waals surface area (Å²) >= 11 is 5.90. The van der Waals surface area contributed by atoms with E-state index in [1.165, 1.54) is 32.4 Å². The van der Waals surface area contributed by atoms with Gasteiger partial charge >= 0.3 is 0 Å². The SMILES string of the molecule is COc1ccc(Cl)cc1S(=O)(=O)N(C)CC(=O)Nc1ccccc1C. The van der Waals surface area contributed by atoms with Gasteiger partial charge in [0.15, 0.2) is 0 Å². The van der Waals surface area contributed by atoms with Crippen LogP contribution in [0.3, 0.4) is 0 Å². The van der Waals surface area contributed by atoms with Crippen molar-refractivity contribution in [3.63, 3.8) is 0 Å². The zero-order valence-corrected chi connectivity index (χ0v) is 15.7. The molecule has 0 spiro atoms. The number of sulfonamides is 1. The fourth-order valence-corrected chi connectivity index (χ4v) is 3.75. The Morgan fingerprint density at radius 3 is 2.56 bits per heavy atom. The summed E-state index contributed by atoms with van der Waals surface area (Å²) in [7, 11) is -1.24. The van der Waals surface area contributed by atoms with E-state index < -0.39 is 15.9 Å². The van der Waals surface area contributed by atoms with Gasteiger partial charge in [-0.25, -0.2) is 8.42 Å². The number of ether oxygens (including phenoxy) is 1. The Morgan fingerprint density at radius 2 is 1.92 bits per heavy atom. The molecule has 0 aliphatic carbocycles. The highest BCUT2D eigenvalue weighted by Crippen LogP contribution is 2.29. The third-order valence-electron chi connectivity index (χ3n) is 3.60. The first-order valence-corrected chi connectivity index (χ1v) is 9.23. The van der Waals surface area contributed by atoms with Crippen LogP contribution in [0.1, 0.15) is 5.56 Å². The molecule has 0 radical (unpaired) electrons. The quantitative estimate of drug-likeness (QED) is 0.833. The van der Waals surface area contributed by atoms with E-state index in [4.69, 9.17) is 16.3 Å². The zero-order chi connectivity index (χ0) is 18.6. The number of rotatable bonds is 6. The van der Waals surface area contributed by atoms with Crippen LogP contribution in [0.25, 0.3) is 0 Å². The van der Waals surface area contributed by atoms with Gasteiger partial charge in [-0.15, -0.1) is 0 Å². The highest BCUT2D eigenvalue weighted by Gasteiger charge is 2.27. The lowest BCUT2D eigenvalue weighted by Gasteiger charge is -2.19. The molecular formula is C17H19ClN2O4S. The highest BCUT2D eigenvalue weighted by atomic mass is 35.5. The number of hydrogen-bond donors (Lipinski definition) is 1. The first-order valence-electron chi connectivity index (χ1n) is 7.41. The number of anilines is 1. The number of nitrogens with zero attached hydrogens (tertiary/aromatic N) is 1. The van der Waals surface area contributed by atoms with Gasteiger partial charge in [-0.1, -0.05) is 29.8 Å². The number of para-hydroxylation sites is 1. The monoisotopic (exact) mass is 382 g/mol. The Morgan fingerprint density at radius 1 is 1.24 bits per heavy atom. The number of carbonyl (C=O) groups excluding carboxylic acids is 1. The lowest BCUT2D eigenvalue weighted by molar-refractivity contribution is -0.116. The van der Waals surface area contributed by atoms with Crippen molar-refractivity contribution in [2.45, 2.75) is 11.8 Å². The van der Waals surface area contributed by atoms with Gasteiger partial charge in [0.1, 0.15) is 10.6 Å². The average molecular weight is 383 g/mol. The number of likely N-dealkylation sites (N-methyl/N-ethyl adjacent to an activating group) is 1. The van der Waals surface area contributed by atoms with Crippen molar-refractivity contribution >= 4 is 33.2 Å². The molecule has 0 unspecified atom stereocenters. The van der Waals surface area contributed by atoms with Gasteiger partial charge in [-0.3, -0.25) is 4.79 Å². The fraction of sp³-hybridized carbons (Fsp3) is 0.235. The van der Waals surface area contributed by atoms with Gasteiger partial charge in [-0.05, 0) is 36.8 Å². The molecule has 0 fully saturated rings. The molecule has 2 aromatic carbocycles. The zero-order valence-electron chi connectivity index (χ0n) is 14.1. The van der Waals surface area contributed by atoms with E-state index in [2.05, 4.69) is 5.32 Å². The second-order valence-electron chi connectivity index (χ2n) is 5.42. The highest BCUT2D eigenvalue weighted by molar-refractivity contribution is 7.89. The minimum Gasteiger partial charge on any atom is -0.495 e. The number of methoxy groups -OCH3 is 1. The minimum absolute atomic E-state index is 0.0892. The maximum absolute atomic E-state index is 12.7.